The fourth-order valence-electron chi connectivity index (χ4n) is 3.27. The molecule has 9 heteroatoms. The lowest BCUT2D eigenvalue weighted by Crippen LogP contribution is -2.27. The van der Waals surface area contributed by atoms with Crippen molar-refractivity contribution in [1.29, 1.82) is 0 Å². The van der Waals surface area contributed by atoms with Crippen molar-refractivity contribution in [2.75, 3.05) is 72.7 Å². The van der Waals surface area contributed by atoms with Gasteiger partial charge in [0, 0.05) is 6.42 Å². The zero-order valence-corrected chi connectivity index (χ0v) is 24.0. The van der Waals surface area contributed by atoms with Gasteiger partial charge in [0.1, 0.15) is 18.8 Å². The average Bonchev–Trinajstić information content (AvgIpc) is 2.83. The number of ether oxygens (including phenoxy) is 7. The quantitative estimate of drug-likeness (QED) is 0.108. The summed E-state index contributed by atoms with van der Waals surface area (Å²) in [6.07, 6.45) is 11.6. The van der Waals surface area contributed by atoms with Crippen LogP contribution >= 0.6 is 0 Å². The van der Waals surface area contributed by atoms with E-state index in [-0.39, 0.29) is 25.2 Å². The summed E-state index contributed by atoms with van der Waals surface area (Å²) in [5, 5.41) is 0. The number of esters is 2. The van der Waals surface area contributed by atoms with Crippen LogP contribution in [-0.4, -0.2) is 90.2 Å². The van der Waals surface area contributed by atoms with Gasteiger partial charge in [-0.25, -0.2) is 4.79 Å². The number of carbonyl (C=O) groups is 2. The third-order valence-electron chi connectivity index (χ3n) is 5.10. The number of hydrogen-bond donors (Lipinski definition) is 0. The highest BCUT2D eigenvalue weighted by atomic mass is 16.6. The summed E-state index contributed by atoms with van der Waals surface area (Å²) in [5.74, 6) is -0.526. The highest BCUT2D eigenvalue weighted by Gasteiger charge is 2.15. The summed E-state index contributed by atoms with van der Waals surface area (Å²) in [6, 6.07) is 0. The lowest BCUT2D eigenvalue weighted by Gasteiger charge is -2.19. The van der Waals surface area contributed by atoms with Gasteiger partial charge in [0.2, 0.25) is 0 Å². The van der Waals surface area contributed by atoms with Crippen LogP contribution in [0.3, 0.4) is 0 Å². The van der Waals surface area contributed by atoms with Gasteiger partial charge in [-0.05, 0) is 27.2 Å². The molecule has 0 rings (SSSR count). The molecule has 0 aromatic carbocycles. The highest BCUT2D eigenvalue weighted by molar-refractivity contribution is 5.71. The second-order valence-corrected chi connectivity index (χ2v) is 9.89. The Hall–Kier alpha value is -1.26. The van der Waals surface area contributed by atoms with Crippen LogP contribution in [-0.2, 0) is 42.7 Å². The van der Waals surface area contributed by atoms with Crippen molar-refractivity contribution < 1.29 is 42.7 Å². The van der Waals surface area contributed by atoms with Crippen LogP contribution < -0.4 is 0 Å². The van der Waals surface area contributed by atoms with Crippen molar-refractivity contribution in [3.8, 4) is 0 Å². The zero-order chi connectivity index (χ0) is 27.5. The van der Waals surface area contributed by atoms with Gasteiger partial charge in [-0.2, -0.15) is 0 Å². The van der Waals surface area contributed by atoms with Crippen LogP contribution in [0, 0.1) is 0 Å². The van der Waals surface area contributed by atoms with E-state index in [1.165, 1.54) is 44.9 Å². The molecular formula is C28H54O9. The fourth-order valence-corrected chi connectivity index (χ4v) is 3.27. The van der Waals surface area contributed by atoms with E-state index < -0.39 is 5.60 Å². The Morgan fingerprint density at radius 3 is 1.38 bits per heavy atom. The molecule has 0 aromatic heterocycles. The van der Waals surface area contributed by atoms with Crippen LogP contribution in [0.5, 0.6) is 0 Å². The molecule has 0 bridgehead atoms. The van der Waals surface area contributed by atoms with Crippen LogP contribution in [0.2, 0.25) is 0 Å². The van der Waals surface area contributed by atoms with Gasteiger partial charge in [0.15, 0.2) is 0 Å². The molecular weight excluding hydrogens is 480 g/mol. The molecule has 0 aliphatic heterocycles. The van der Waals surface area contributed by atoms with E-state index in [0.717, 1.165) is 12.8 Å². The second-order valence-electron chi connectivity index (χ2n) is 9.89. The lowest BCUT2D eigenvalue weighted by molar-refractivity contribution is -0.160. The van der Waals surface area contributed by atoms with Gasteiger partial charge in [-0.1, -0.05) is 58.3 Å². The standard InChI is InChI=1S/C28H54O9/c1-5-6-7-8-9-10-11-12-13-14-26(29)36-24-23-34-20-19-32-16-15-31-17-18-33-21-22-35-25-27(30)37-28(2,3)4/h5-25H2,1-4H3. The molecule has 0 aromatic rings. The molecule has 0 fully saturated rings. The predicted octanol–water partition coefficient (Wildman–Crippen LogP) is 4.88. The van der Waals surface area contributed by atoms with Gasteiger partial charge >= 0.3 is 11.9 Å². The van der Waals surface area contributed by atoms with E-state index in [1.54, 1.807) is 0 Å². The van der Waals surface area contributed by atoms with Gasteiger partial charge in [0.25, 0.3) is 0 Å². The maximum absolute atomic E-state index is 11.7. The molecule has 0 N–H and O–H groups in total. The lowest BCUT2D eigenvalue weighted by atomic mass is 10.1. The summed E-state index contributed by atoms with van der Waals surface area (Å²) in [6.45, 7) is 11.7. The van der Waals surface area contributed by atoms with Crippen molar-refractivity contribution in [3.05, 3.63) is 0 Å². The van der Waals surface area contributed by atoms with Crippen LogP contribution in [0.4, 0.5) is 0 Å². The first-order valence-corrected chi connectivity index (χ1v) is 14.1. The number of carbonyl (C=O) groups excluding carboxylic acids is 2. The normalized spacial score (nSPS) is 11.6. The van der Waals surface area contributed by atoms with Gasteiger partial charge < -0.3 is 33.2 Å². The summed E-state index contributed by atoms with van der Waals surface area (Å²) in [7, 11) is 0. The van der Waals surface area contributed by atoms with E-state index in [1.807, 2.05) is 20.8 Å². The van der Waals surface area contributed by atoms with Crippen LogP contribution in [0.25, 0.3) is 0 Å². The van der Waals surface area contributed by atoms with Crippen LogP contribution in [0.1, 0.15) is 91.9 Å². The fraction of sp³-hybridized carbons (Fsp3) is 0.929. The average molecular weight is 535 g/mol. The Bertz CT molecular complexity index is 520. The van der Waals surface area contributed by atoms with Crippen LogP contribution in [0.15, 0.2) is 0 Å². The molecule has 0 unspecified atom stereocenters. The molecule has 0 aliphatic carbocycles. The first kappa shape index (κ1) is 35.7. The van der Waals surface area contributed by atoms with E-state index in [9.17, 15) is 9.59 Å². The molecule has 0 aliphatic rings. The first-order valence-electron chi connectivity index (χ1n) is 14.1. The zero-order valence-electron chi connectivity index (χ0n) is 24.0. The molecule has 0 saturated carbocycles. The Labute approximate surface area is 225 Å². The number of unbranched alkanes of at least 4 members (excludes halogenated alkanes) is 8. The largest absolute Gasteiger partial charge is 0.463 e. The number of rotatable bonds is 27. The third kappa shape index (κ3) is 30.9. The van der Waals surface area contributed by atoms with Gasteiger partial charge in [-0.3, -0.25) is 4.79 Å². The van der Waals surface area contributed by atoms with E-state index >= 15 is 0 Å². The van der Waals surface area contributed by atoms with Crippen molar-refractivity contribution in [2.24, 2.45) is 0 Å². The maximum atomic E-state index is 11.7. The number of hydrogen-bond acceptors (Lipinski definition) is 9. The van der Waals surface area contributed by atoms with Crippen molar-refractivity contribution in [2.45, 2.75) is 97.5 Å². The smallest absolute Gasteiger partial charge is 0.332 e. The van der Waals surface area contributed by atoms with Crippen molar-refractivity contribution in [1.82, 2.24) is 0 Å². The minimum atomic E-state index is -0.507. The van der Waals surface area contributed by atoms with Crippen molar-refractivity contribution in [3.63, 3.8) is 0 Å². The first-order chi connectivity index (χ1) is 17.8. The van der Waals surface area contributed by atoms with Gasteiger partial charge in [0.05, 0.1) is 59.5 Å². The molecule has 0 amide bonds. The molecule has 0 radical (unpaired) electrons. The minimum Gasteiger partial charge on any atom is -0.463 e. The summed E-state index contributed by atoms with van der Waals surface area (Å²) < 4.78 is 37.2. The predicted molar refractivity (Wildman–Crippen MR) is 143 cm³/mol. The van der Waals surface area contributed by atoms with E-state index in [4.69, 9.17) is 33.2 Å². The molecule has 9 nitrogen and oxygen atoms in total. The summed E-state index contributed by atoms with van der Waals surface area (Å²) >= 11 is 0. The molecule has 220 valence electrons. The Morgan fingerprint density at radius 2 is 0.919 bits per heavy atom. The molecule has 0 saturated heterocycles. The SMILES string of the molecule is CCCCCCCCCCCC(=O)OCCOCCOCCOCCOCCOCC(=O)OC(C)(C)C. The Kier molecular flexibility index (Phi) is 25.5. The van der Waals surface area contributed by atoms with Gasteiger partial charge in [-0.15, -0.1) is 0 Å². The molecule has 0 spiro atoms. The van der Waals surface area contributed by atoms with E-state index in [2.05, 4.69) is 6.92 Å². The Balaban J connectivity index is 3.21. The summed E-state index contributed by atoms with van der Waals surface area (Å²) in [4.78, 5) is 23.2. The third-order valence-corrected chi connectivity index (χ3v) is 5.10. The van der Waals surface area contributed by atoms with Crippen molar-refractivity contribution >= 4 is 11.9 Å². The second kappa shape index (κ2) is 26.4. The topological polar surface area (TPSA) is 98.8 Å². The van der Waals surface area contributed by atoms with E-state index in [0.29, 0.717) is 65.9 Å². The Morgan fingerprint density at radius 1 is 0.514 bits per heavy atom. The molecule has 0 heterocycles. The molecule has 37 heavy (non-hydrogen) atoms. The molecule has 0 atom stereocenters. The monoisotopic (exact) mass is 534 g/mol. The summed E-state index contributed by atoms with van der Waals surface area (Å²) in [5.41, 5.74) is -0.507. The minimum absolute atomic E-state index is 0.0806. The maximum Gasteiger partial charge on any atom is 0.332 e. The highest BCUT2D eigenvalue weighted by Crippen LogP contribution is 2.10.